The SMILES string of the molecule is CCCCCCCCCCC/C=C/CCCCCCCOC(=O)c1cccc(S(=O)(=O)[O-])c1C(=O)OCCCCCCC/C=C/CCCCCCCCCCC.CCCCCCCCCCC/C=C/CCCCCCCOC(=O)c1cccc(S(=O)(=O)[O-])c1C(=O)OCCCCCCC/C=C/CCCCCCCCCCC.[Ca+2]. The van der Waals surface area contributed by atoms with Gasteiger partial charge >= 0.3 is 61.6 Å². The molecule has 644 valence electrons. The Hall–Kier alpha value is -3.64. The van der Waals surface area contributed by atoms with Gasteiger partial charge < -0.3 is 28.1 Å². The molecule has 17 heteroatoms. The van der Waals surface area contributed by atoms with Crippen LogP contribution in [0.15, 0.2) is 94.8 Å². The summed E-state index contributed by atoms with van der Waals surface area (Å²) in [4.78, 5) is 50.4. The van der Waals surface area contributed by atoms with Crippen LogP contribution in [0.1, 0.15) is 480 Å². The number of rotatable bonds is 78. The van der Waals surface area contributed by atoms with Crippen molar-refractivity contribution in [2.24, 2.45) is 0 Å². The zero-order valence-electron chi connectivity index (χ0n) is 72.4. The van der Waals surface area contributed by atoms with Gasteiger partial charge in [0.15, 0.2) is 0 Å². The molecule has 0 unspecified atom stereocenters. The minimum atomic E-state index is -5.02. The quantitative estimate of drug-likeness (QED) is 0.0150. The molecule has 0 radical (unpaired) electrons. The van der Waals surface area contributed by atoms with Crippen LogP contribution in [0.25, 0.3) is 0 Å². The molecular weight excluding hydrogens is 1480 g/mol. The van der Waals surface area contributed by atoms with E-state index in [2.05, 4.69) is 76.3 Å². The standard InChI is InChI=1S/2C48H82O7S.Ca/c2*1-3-5-7-9-11-13-15-17-19-21-23-25-27-29-31-33-35-37-42-54-47(49)44-40-39-41-45(56(51,52)53)46(44)48(50)55-43-38-36-34-32-30-28-26-24-22-20-18-16-14-12-10-8-6-4-2;/h2*23-26,39-41H,3-22,27-38,42-43H2,1-2H3,(H,51,52,53);/q;;+2/p-2/b2*25-23+,26-24+;. The van der Waals surface area contributed by atoms with Crippen LogP contribution < -0.4 is 0 Å². The van der Waals surface area contributed by atoms with E-state index in [1.165, 1.54) is 268 Å². The molecule has 0 atom stereocenters. The summed E-state index contributed by atoms with van der Waals surface area (Å²) in [6.07, 6.45) is 95.1. The van der Waals surface area contributed by atoms with E-state index in [1.54, 1.807) is 0 Å². The van der Waals surface area contributed by atoms with Crippen LogP contribution >= 0.6 is 0 Å². The van der Waals surface area contributed by atoms with Gasteiger partial charge in [-0.05, 0) is 153 Å². The molecule has 0 fully saturated rings. The molecule has 0 N–H and O–H groups in total. The average Bonchev–Trinajstić information content (AvgIpc) is 0.797. The molecule has 0 aliphatic carbocycles. The van der Waals surface area contributed by atoms with Gasteiger partial charge in [0.05, 0.1) is 58.5 Å². The van der Waals surface area contributed by atoms with Crippen molar-refractivity contribution in [1.29, 1.82) is 0 Å². The maximum absolute atomic E-state index is 13.0. The topological polar surface area (TPSA) is 220 Å². The molecule has 0 amide bonds. The number of esters is 4. The van der Waals surface area contributed by atoms with Crippen LogP contribution in [-0.4, -0.2) is 114 Å². The van der Waals surface area contributed by atoms with E-state index >= 15 is 0 Å². The van der Waals surface area contributed by atoms with Crippen molar-refractivity contribution in [3.8, 4) is 0 Å². The molecule has 0 aromatic heterocycles. The Balaban J connectivity index is 0.00000220. The Bertz CT molecular complexity index is 2740. The van der Waals surface area contributed by atoms with E-state index in [0.29, 0.717) is 25.7 Å². The molecule has 2 rings (SSSR count). The maximum atomic E-state index is 13.0. The minimum Gasteiger partial charge on any atom is -0.744 e. The Morgan fingerprint density at radius 3 is 0.584 bits per heavy atom. The van der Waals surface area contributed by atoms with Crippen LogP contribution in [0.2, 0.25) is 0 Å². The second-order valence-electron chi connectivity index (χ2n) is 31.4. The molecule has 0 aliphatic rings. The van der Waals surface area contributed by atoms with Crippen molar-refractivity contribution in [3.63, 3.8) is 0 Å². The number of carbonyl (C=O) groups excluding carboxylic acids is 4. The number of benzene rings is 2. The summed E-state index contributed by atoms with van der Waals surface area (Å²) in [7, 11) is -10.0. The molecule has 2 aromatic carbocycles. The zero-order chi connectivity index (χ0) is 81.6. The van der Waals surface area contributed by atoms with E-state index in [-0.39, 0.29) is 75.3 Å². The number of hydrogen-bond donors (Lipinski definition) is 0. The molecule has 0 bridgehead atoms. The zero-order valence-corrected chi connectivity index (χ0v) is 76.2. The Morgan fingerprint density at radius 1 is 0.248 bits per heavy atom. The van der Waals surface area contributed by atoms with Crippen LogP contribution in [0.5, 0.6) is 0 Å². The Labute approximate surface area is 722 Å². The van der Waals surface area contributed by atoms with Crippen LogP contribution in [-0.2, 0) is 39.2 Å². The Morgan fingerprint density at radius 2 is 0.407 bits per heavy atom. The van der Waals surface area contributed by atoms with Crippen molar-refractivity contribution in [1.82, 2.24) is 0 Å². The van der Waals surface area contributed by atoms with Crippen molar-refractivity contribution >= 4 is 81.9 Å². The van der Waals surface area contributed by atoms with Crippen LogP contribution in [0.4, 0.5) is 0 Å². The first-order valence-electron chi connectivity index (χ1n) is 46.1. The molecule has 0 aliphatic heterocycles. The summed E-state index contributed by atoms with van der Waals surface area (Å²) in [6, 6.07) is 7.23. The van der Waals surface area contributed by atoms with E-state index in [1.807, 2.05) is 0 Å². The fourth-order valence-electron chi connectivity index (χ4n) is 14.0. The first-order chi connectivity index (χ1) is 54.6. The van der Waals surface area contributed by atoms with E-state index in [0.717, 1.165) is 153 Å². The fraction of sp³-hybridized carbons (Fsp3) is 0.750. The molecule has 2 aromatic rings. The number of carbonyl (C=O) groups is 4. The van der Waals surface area contributed by atoms with Crippen molar-refractivity contribution in [2.75, 3.05) is 26.4 Å². The smallest absolute Gasteiger partial charge is 0.744 e. The predicted molar refractivity (Wildman–Crippen MR) is 470 cm³/mol. The van der Waals surface area contributed by atoms with Gasteiger partial charge in [0.2, 0.25) is 0 Å². The molecule has 0 spiro atoms. The third kappa shape index (κ3) is 65.9. The first-order valence-corrected chi connectivity index (χ1v) is 48.9. The van der Waals surface area contributed by atoms with Crippen molar-refractivity contribution in [3.05, 3.63) is 107 Å². The first kappa shape index (κ1) is 109. The molecular formula is C96H162CaO14S2. The monoisotopic (exact) mass is 1640 g/mol. The van der Waals surface area contributed by atoms with Crippen molar-refractivity contribution in [2.45, 2.75) is 448 Å². The Kier molecular flexibility index (Phi) is 78.2. The second kappa shape index (κ2) is 80.8. The third-order valence-electron chi connectivity index (χ3n) is 21.0. The molecule has 0 heterocycles. The molecule has 0 saturated carbocycles. The largest absolute Gasteiger partial charge is 2.00 e. The summed E-state index contributed by atoms with van der Waals surface area (Å²) in [5.74, 6) is -3.65. The van der Waals surface area contributed by atoms with E-state index in [9.17, 15) is 45.1 Å². The second-order valence-corrected chi connectivity index (χ2v) is 34.1. The number of hydrogen-bond acceptors (Lipinski definition) is 14. The van der Waals surface area contributed by atoms with Gasteiger partial charge in [0, 0.05) is 0 Å². The maximum Gasteiger partial charge on any atom is 2.00 e. The third-order valence-corrected chi connectivity index (χ3v) is 22.8. The van der Waals surface area contributed by atoms with Crippen LogP contribution in [0.3, 0.4) is 0 Å². The predicted octanol–water partition coefficient (Wildman–Crippen LogP) is 28.7. The van der Waals surface area contributed by atoms with E-state index in [4.69, 9.17) is 18.9 Å². The summed E-state index contributed by atoms with van der Waals surface area (Å²) >= 11 is 0. The molecule has 14 nitrogen and oxygen atoms in total. The molecule has 0 saturated heterocycles. The minimum absolute atomic E-state index is 0. The summed E-state index contributed by atoms with van der Waals surface area (Å²) in [5, 5.41) is 0. The van der Waals surface area contributed by atoms with Gasteiger partial charge in [-0.2, -0.15) is 0 Å². The summed E-state index contributed by atoms with van der Waals surface area (Å²) in [6.45, 7) is 9.49. The van der Waals surface area contributed by atoms with Gasteiger partial charge in [0.1, 0.15) is 20.2 Å². The van der Waals surface area contributed by atoms with Crippen LogP contribution in [0, 0.1) is 0 Å². The van der Waals surface area contributed by atoms with Gasteiger partial charge in [-0.25, -0.2) is 36.0 Å². The summed E-state index contributed by atoms with van der Waals surface area (Å²) < 4.78 is 93.5. The van der Waals surface area contributed by atoms with Gasteiger partial charge in [-0.1, -0.05) is 371 Å². The number of ether oxygens (including phenoxy) is 4. The fourth-order valence-corrected chi connectivity index (χ4v) is 15.4. The normalized spacial score (nSPS) is 11.8. The van der Waals surface area contributed by atoms with Gasteiger partial charge in [0.25, 0.3) is 0 Å². The van der Waals surface area contributed by atoms with Crippen molar-refractivity contribution < 1.29 is 64.1 Å². The van der Waals surface area contributed by atoms with Gasteiger partial charge in [-0.3, -0.25) is 0 Å². The van der Waals surface area contributed by atoms with E-state index < -0.39 is 65.0 Å². The summed E-state index contributed by atoms with van der Waals surface area (Å²) in [5.41, 5.74) is -1.58. The number of allylic oxidation sites excluding steroid dienone is 8. The number of unbranched alkanes of at least 4 members (excludes halogenated alkanes) is 56. The molecule has 113 heavy (non-hydrogen) atoms. The average molecular weight is 1640 g/mol. The van der Waals surface area contributed by atoms with Gasteiger partial charge in [-0.15, -0.1) is 0 Å².